The molecule has 0 bridgehead atoms. The maximum atomic E-state index is 12.6. The van der Waals surface area contributed by atoms with Crippen molar-refractivity contribution in [1.29, 1.82) is 0 Å². The Balaban J connectivity index is 1.93. The Morgan fingerprint density at radius 2 is 1.89 bits per heavy atom. The van der Waals surface area contributed by atoms with Crippen LogP contribution in [0, 0.1) is 11.3 Å². The first-order valence-corrected chi connectivity index (χ1v) is 10.2. The Bertz CT molecular complexity index is 781. The van der Waals surface area contributed by atoms with E-state index in [4.69, 9.17) is 9.47 Å². The molecule has 3 rings (SSSR count). The number of carbonyl (C=O) groups is 2. The van der Waals surface area contributed by atoms with Gasteiger partial charge >= 0.3 is 12.1 Å². The van der Waals surface area contributed by atoms with Gasteiger partial charge in [-0.25, -0.2) is 4.79 Å². The van der Waals surface area contributed by atoms with Crippen LogP contribution in [0.1, 0.15) is 71.4 Å². The van der Waals surface area contributed by atoms with Gasteiger partial charge in [0.15, 0.2) is 0 Å². The third-order valence-electron chi connectivity index (χ3n) is 6.65. The van der Waals surface area contributed by atoms with Crippen LogP contribution in [0.15, 0.2) is 18.2 Å². The molecule has 154 valence electrons. The van der Waals surface area contributed by atoms with Crippen LogP contribution in [-0.2, 0) is 26.1 Å². The highest BCUT2D eigenvalue weighted by Crippen LogP contribution is 2.57. The fraction of sp³-hybridized carbons (Fsp3) is 0.652. The topological polar surface area (TPSA) is 64.6 Å². The zero-order valence-corrected chi connectivity index (χ0v) is 18.0. The van der Waals surface area contributed by atoms with E-state index in [9.17, 15) is 9.59 Å². The van der Waals surface area contributed by atoms with Crippen LogP contribution in [0.2, 0.25) is 0 Å². The van der Waals surface area contributed by atoms with Crippen molar-refractivity contribution < 1.29 is 19.1 Å². The van der Waals surface area contributed by atoms with Crippen LogP contribution in [0.4, 0.5) is 10.5 Å². The van der Waals surface area contributed by atoms with E-state index in [1.165, 1.54) is 18.2 Å². The Morgan fingerprint density at radius 1 is 1.18 bits per heavy atom. The summed E-state index contributed by atoms with van der Waals surface area (Å²) >= 11 is 0. The number of carbonyl (C=O) groups excluding carboxylic acids is 2. The van der Waals surface area contributed by atoms with Gasteiger partial charge in [-0.15, -0.1) is 0 Å². The van der Waals surface area contributed by atoms with Gasteiger partial charge < -0.3 is 9.47 Å². The SMILES string of the molecule is COC(=O)C1(C)CCC[C@]2(C)c3cc(NC(=O)OC(C)(C)C)ccc3CC[C@@H]12. The quantitative estimate of drug-likeness (QED) is 0.707. The number of methoxy groups -OCH3 is 1. The predicted molar refractivity (Wildman–Crippen MR) is 109 cm³/mol. The smallest absolute Gasteiger partial charge is 0.412 e. The summed E-state index contributed by atoms with van der Waals surface area (Å²) in [6, 6.07) is 6.12. The molecule has 3 atom stereocenters. The molecule has 5 nitrogen and oxygen atoms in total. The van der Waals surface area contributed by atoms with Crippen LogP contribution in [-0.4, -0.2) is 24.8 Å². The van der Waals surface area contributed by atoms with Crippen molar-refractivity contribution in [2.75, 3.05) is 12.4 Å². The highest BCUT2D eigenvalue weighted by molar-refractivity contribution is 5.85. The fourth-order valence-electron chi connectivity index (χ4n) is 5.44. The van der Waals surface area contributed by atoms with Crippen LogP contribution in [0.3, 0.4) is 0 Å². The lowest BCUT2D eigenvalue weighted by molar-refractivity contribution is -0.161. The molecular weight excluding hydrogens is 354 g/mol. The van der Waals surface area contributed by atoms with Crippen LogP contribution < -0.4 is 5.32 Å². The van der Waals surface area contributed by atoms with Crippen LogP contribution >= 0.6 is 0 Å². The standard InChI is InChI=1S/C23H33NO4/c1-21(2,3)28-20(26)24-16-10-8-15-9-11-18-22(4,17(15)14-16)12-7-13-23(18,5)19(25)27-6/h8,10,14,18H,7,9,11-13H2,1-6H3,(H,24,26)/t18-,22-,23?/m1/s1. The van der Waals surface area contributed by atoms with E-state index in [-0.39, 0.29) is 17.3 Å². The lowest BCUT2D eigenvalue weighted by Gasteiger charge is -2.54. The fourth-order valence-corrected chi connectivity index (χ4v) is 5.44. The molecule has 0 aromatic heterocycles. The van der Waals surface area contributed by atoms with Gasteiger partial charge in [0.25, 0.3) is 0 Å². The highest BCUT2D eigenvalue weighted by atomic mass is 16.6. The van der Waals surface area contributed by atoms with Crippen LogP contribution in [0.5, 0.6) is 0 Å². The van der Waals surface area contributed by atoms with E-state index in [0.29, 0.717) is 0 Å². The molecule has 0 spiro atoms. The normalized spacial score (nSPS) is 29.3. The van der Waals surface area contributed by atoms with Crippen molar-refractivity contribution in [3.05, 3.63) is 29.3 Å². The number of esters is 1. The molecule has 1 fully saturated rings. The molecule has 0 saturated heterocycles. The summed E-state index contributed by atoms with van der Waals surface area (Å²) in [5.74, 6) is 0.125. The average molecular weight is 388 g/mol. The first kappa shape index (κ1) is 20.7. The zero-order valence-electron chi connectivity index (χ0n) is 18.0. The minimum absolute atomic E-state index is 0.102. The number of hydrogen-bond donors (Lipinski definition) is 1. The number of aryl methyl sites for hydroxylation is 1. The van der Waals surface area contributed by atoms with Gasteiger partial charge in [-0.2, -0.15) is 0 Å². The number of amides is 1. The van der Waals surface area contributed by atoms with Gasteiger partial charge in [0.05, 0.1) is 12.5 Å². The summed E-state index contributed by atoms with van der Waals surface area (Å²) in [4.78, 5) is 24.8. The number of benzene rings is 1. The molecule has 28 heavy (non-hydrogen) atoms. The molecule has 0 heterocycles. The number of hydrogen-bond acceptors (Lipinski definition) is 4. The molecule has 0 radical (unpaired) electrons. The summed E-state index contributed by atoms with van der Waals surface area (Å²) in [6.45, 7) is 9.88. The highest BCUT2D eigenvalue weighted by Gasteiger charge is 2.55. The summed E-state index contributed by atoms with van der Waals surface area (Å²) in [5.41, 5.74) is 2.17. The third kappa shape index (κ3) is 3.63. The van der Waals surface area contributed by atoms with E-state index < -0.39 is 17.1 Å². The van der Waals surface area contributed by atoms with Gasteiger partial charge in [0.2, 0.25) is 0 Å². The van der Waals surface area contributed by atoms with Crippen molar-refractivity contribution in [3.63, 3.8) is 0 Å². The second kappa shape index (κ2) is 7.09. The molecule has 2 aliphatic carbocycles. The Kier molecular flexibility index (Phi) is 5.24. The minimum atomic E-state index is -0.541. The van der Waals surface area contributed by atoms with E-state index in [0.717, 1.165) is 37.8 Å². The summed E-state index contributed by atoms with van der Waals surface area (Å²) < 4.78 is 10.6. The van der Waals surface area contributed by atoms with Crippen molar-refractivity contribution in [2.24, 2.45) is 11.3 Å². The average Bonchev–Trinajstić information content (AvgIpc) is 2.59. The first-order valence-electron chi connectivity index (χ1n) is 10.2. The second-order valence-corrected chi connectivity index (χ2v) is 9.77. The lowest BCUT2D eigenvalue weighted by Crippen LogP contribution is -2.52. The zero-order chi connectivity index (χ0) is 20.7. The summed E-state index contributed by atoms with van der Waals surface area (Å²) in [5, 5.41) is 2.86. The van der Waals surface area contributed by atoms with Crippen molar-refractivity contribution in [2.45, 2.75) is 77.7 Å². The Hall–Kier alpha value is -2.04. The number of fused-ring (bicyclic) bond motifs is 3. The predicted octanol–water partition coefficient (Wildman–Crippen LogP) is 5.22. The van der Waals surface area contributed by atoms with Gasteiger partial charge in [0, 0.05) is 5.69 Å². The summed E-state index contributed by atoms with van der Waals surface area (Å²) in [6.07, 6.45) is 4.36. The molecular formula is C23H33NO4. The van der Waals surface area contributed by atoms with E-state index in [1.807, 2.05) is 26.8 Å². The minimum Gasteiger partial charge on any atom is -0.469 e. The monoisotopic (exact) mass is 387 g/mol. The second-order valence-electron chi connectivity index (χ2n) is 9.77. The molecule has 1 N–H and O–H groups in total. The first-order chi connectivity index (χ1) is 13.0. The van der Waals surface area contributed by atoms with E-state index in [1.54, 1.807) is 0 Å². The number of ether oxygens (including phenoxy) is 2. The van der Waals surface area contributed by atoms with Gasteiger partial charge in [-0.05, 0) is 88.0 Å². The Labute approximate surface area is 168 Å². The molecule has 1 saturated carbocycles. The third-order valence-corrected chi connectivity index (χ3v) is 6.65. The largest absolute Gasteiger partial charge is 0.469 e. The lowest BCUT2D eigenvalue weighted by atomic mass is 9.50. The van der Waals surface area contributed by atoms with Gasteiger partial charge in [-0.3, -0.25) is 10.1 Å². The van der Waals surface area contributed by atoms with Crippen LogP contribution in [0.25, 0.3) is 0 Å². The number of anilines is 1. The Morgan fingerprint density at radius 3 is 2.54 bits per heavy atom. The van der Waals surface area contributed by atoms with Crippen molar-refractivity contribution in [3.8, 4) is 0 Å². The van der Waals surface area contributed by atoms with Crippen molar-refractivity contribution in [1.82, 2.24) is 0 Å². The van der Waals surface area contributed by atoms with E-state index >= 15 is 0 Å². The molecule has 1 aromatic carbocycles. The molecule has 1 amide bonds. The van der Waals surface area contributed by atoms with Crippen molar-refractivity contribution >= 4 is 17.7 Å². The van der Waals surface area contributed by atoms with Gasteiger partial charge in [-0.1, -0.05) is 19.4 Å². The maximum absolute atomic E-state index is 12.6. The molecule has 0 aliphatic heterocycles. The molecule has 5 heteroatoms. The number of nitrogens with one attached hydrogen (secondary N) is 1. The maximum Gasteiger partial charge on any atom is 0.412 e. The number of rotatable bonds is 2. The van der Waals surface area contributed by atoms with Gasteiger partial charge in [0.1, 0.15) is 5.60 Å². The molecule has 2 aliphatic rings. The molecule has 1 aromatic rings. The van der Waals surface area contributed by atoms with E-state index in [2.05, 4.69) is 31.3 Å². The summed E-state index contributed by atoms with van der Waals surface area (Å²) in [7, 11) is 1.49. The molecule has 1 unspecified atom stereocenters.